The molecule has 0 amide bonds. The van der Waals surface area contributed by atoms with Crippen LogP contribution in [0.1, 0.15) is 56.4 Å². The van der Waals surface area contributed by atoms with E-state index in [-0.39, 0.29) is 0 Å². The number of nitrogens with zero attached hydrogens (tertiary/aromatic N) is 3. The van der Waals surface area contributed by atoms with Gasteiger partial charge in [0.25, 0.3) is 0 Å². The fourth-order valence-electron chi connectivity index (χ4n) is 3.13. The molecular formula is C15H23N3O. The summed E-state index contributed by atoms with van der Waals surface area (Å²) in [5, 5.41) is 24.4. The molecule has 1 aliphatic rings. The highest BCUT2D eigenvalue weighted by molar-refractivity contribution is 5.25. The van der Waals surface area contributed by atoms with Gasteiger partial charge >= 0.3 is 0 Å². The van der Waals surface area contributed by atoms with Gasteiger partial charge in [-0.15, -0.1) is 0 Å². The maximum Gasteiger partial charge on any atom is 0.101 e. The maximum atomic E-state index is 10.7. The molecule has 0 saturated heterocycles. The van der Waals surface area contributed by atoms with Crippen molar-refractivity contribution >= 4 is 0 Å². The lowest BCUT2D eigenvalue weighted by atomic mass is 9.66. The van der Waals surface area contributed by atoms with E-state index in [4.69, 9.17) is 0 Å². The first-order valence-corrected chi connectivity index (χ1v) is 7.12. The van der Waals surface area contributed by atoms with Gasteiger partial charge in [-0.25, -0.2) is 0 Å². The summed E-state index contributed by atoms with van der Waals surface area (Å²) in [6.45, 7) is 4.14. The molecule has 1 heterocycles. The fourth-order valence-corrected chi connectivity index (χ4v) is 3.13. The van der Waals surface area contributed by atoms with Crippen LogP contribution in [0.15, 0.2) is 6.20 Å². The predicted molar refractivity (Wildman–Crippen MR) is 73.2 cm³/mol. The molecule has 0 radical (unpaired) electrons. The fraction of sp³-hybridized carbons (Fsp3) is 0.733. The van der Waals surface area contributed by atoms with Crippen molar-refractivity contribution in [1.29, 1.82) is 5.26 Å². The molecule has 4 nitrogen and oxygen atoms in total. The summed E-state index contributed by atoms with van der Waals surface area (Å²) in [4.78, 5) is 0. The van der Waals surface area contributed by atoms with Gasteiger partial charge < -0.3 is 5.11 Å². The first-order valence-electron chi connectivity index (χ1n) is 7.12. The Labute approximate surface area is 115 Å². The van der Waals surface area contributed by atoms with E-state index in [1.165, 1.54) is 6.42 Å². The summed E-state index contributed by atoms with van der Waals surface area (Å²) in [5.74, 6) is 0.712. The lowest BCUT2D eigenvalue weighted by Gasteiger charge is -2.38. The van der Waals surface area contributed by atoms with Gasteiger partial charge in [0, 0.05) is 18.3 Å². The molecule has 1 fully saturated rings. The minimum absolute atomic E-state index is 0.626. The summed E-state index contributed by atoms with van der Waals surface area (Å²) >= 11 is 0. The average Bonchev–Trinajstić information content (AvgIpc) is 2.78. The van der Waals surface area contributed by atoms with Crippen LogP contribution in [0.2, 0.25) is 0 Å². The van der Waals surface area contributed by atoms with Crippen molar-refractivity contribution < 1.29 is 5.11 Å². The number of hydrogen-bond acceptors (Lipinski definition) is 3. The second-order valence-corrected chi connectivity index (χ2v) is 5.83. The Morgan fingerprint density at radius 1 is 1.58 bits per heavy atom. The summed E-state index contributed by atoms with van der Waals surface area (Å²) in [6, 6.07) is 2.41. The molecule has 2 rings (SSSR count). The van der Waals surface area contributed by atoms with Gasteiger partial charge in [-0.3, -0.25) is 4.68 Å². The number of nitriles is 1. The van der Waals surface area contributed by atoms with Crippen LogP contribution < -0.4 is 0 Å². The van der Waals surface area contributed by atoms with Crippen LogP contribution in [-0.4, -0.2) is 14.9 Å². The van der Waals surface area contributed by atoms with E-state index in [1.807, 2.05) is 14.0 Å². The van der Waals surface area contributed by atoms with Gasteiger partial charge in [-0.2, -0.15) is 10.4 Å². The predicted octanol–water partition coefficient (Wildman–Crippen LogP) is 2.87. The Balaban J connectivity index is 2.23. The highest BCUT2D eigenvalue weighted by atomic mass is 16.3. The molecule has 1 aromatic rings. The summed E-state index contributed by atoms with van der Waals surface area (Å²) in [5.41, 5.74) is 1.12. The Kier molecular flexibility index (Phi) is 3.96. The minimum atomic E-state index is -0.719. The highest BCUT2D eigenvalue weighted by Gasteiger charge is 2.43. The third-order valence-electron chi connectivity index (χ3n) is 4.89. The zero-order chi connectivity index (χ0) is 14.0. The van der Waals surface area contributed by atoms with Crippen LogP contribution in [0.5, 0.6) is 0 Å². The number of aromatic nitrogens is 2. The molecule has 1 unspecified atom stereocenters. The second-order valence-electron chi connectivity index (χ2n) is 5.83. The van der Waals surface area contributed by atoms with E-state index in [0.717, 1.165) is 36.9 Å². The van der Waals surface area contributed by atoms with Gasteiger partial charge in [0.05, 0.1) is 17.7 Å². The van der Waals surface area contributed by atoms with Crippen molar-refractivity contribution in [3.8, 4) is 6.07 Å². The Bertz CT molecular complexity index is 478. The molecule has 1 aromatic heterocycles. The first kappa shape index (κ1) is 14.1. The summed E-state index contributed by atoms with van der Waals surface area (Å²) < 4.78 is 1.75. The van der Waals surface area contributed by atoms with Gasteiger partial charge in [0.15, 0.2) is 0 Å². The number of aliphatic hydroxyl groups is 1. The first-order chi connectivity index (χ1) is 9.04. The third kappa shape index (κ3) is 2.40. The van der Waals surface area contributed by atoms with Gasteiger partial charge in [-0.1, -0.05) is 13.3 Å². The van der Waals surface area contributed by atoms with Gasteiger partial charge in [0.2, 0.25) is 0 Å². The highest BCUT2D eigenvalue weighted by Crippen LogP contribution is 2.48. The zero-order valence-corrected chi connectivity index (χ0v) is 12.1. The van der Waals surface area contributed by atoms with Crippen molar-refractivity contribution in [1.82, 2.24) is 9.78 Å². The van der Waals surface area contributed by atoms with Crippen molar-refractivity contribution in [3.63, 3.8) is 0 Å². The Morgan fingerprint density at radius 2 is 2.21 bits per heavy atom. The van der Waals surface area contributed by atoms with Crippen LogP contribution >= 0.6 is 0 Å². The number of aliphatic hydroxyl groups excluding tert-OH is 1. The largest absolute Gasteiger partial charge is 0.387 e. The zero-order valence-electron chi connectivity index (χ0n) is 12.1. The lowest BCUT2D eigenvalue weighted by Crippen LogP contribution is -2.32. The van der Waals surface area contributed by atoms with E-state index < -0.39 is 11.5 Å². The lowest BCUT2D eigenvalue weighted by molar-refractivity contribution is 0.0238. The molecule has 19 heavy (non-hydrogen) atoms. The molecule has 1 aliphatic carbocycles. The topological polar surface area (TPSA) is 61.8 Å². The van der Waals surface area contributed by atoms with Crippen LogP contribution in [0.3, 0.4) is 0 Å². The van der Waals surface area contributed by atoms with Crippen LogP contribution in [0, 0.1) is 29.6 Å². The number of aryl methyl sites for hydroxylation is 1. The normalized spacial score (nSPS) is 28.9. The van der Waals surface area contributed by atoms with E-state index in [2.05, 4.69) is 18.1 Å². The van der Waals surface area contributed by atoms with Crippen LogP contribution in [0.4, 0.5) is 0 Å². The molecule has 0 spiro atoms. The smallest absolute Gasteiger partial charge is 0.101 e. The van der Waals surface area contributed by atoms with E-state index >= 15 is 0 Å². The second kappa shape index (κ2) is 5.34. The Hall–Kier alpha value is -1.34. The molecule has 0 bridgehead atoms. The van der Waals surface area contributed by atoms with Crippen molar-refractivity contribution in [2.24, 2.45) is 18.4 Å². The standard InChI is InChI=1S/C15H23N3O/c1-4-12-5-7-15(10-16,8-6-12)14(19)13-9-17-18(3)11(13)2/h9,12,14,19H,4-8H2,1-3H3. The van der Waals surface area contributed by atoms with Gasteiger partial charge in [0.1, 0.15) is 6.10 Å². The maximum absolute atomic E-state index is 10.7. The number of hydrogen-bond donors (Lipinski definition) is 1. The molecule has 1 saturated carbocycles. The SMILES string of the molecule is CCC1CCC(C#N)(C(O)c2cnn(C)c2C)CC1. The van der Waals surface area contributed by atoms with E-state index in [0.29, 0.717) is 5.92 Å². The summed E-state index contributed by atoms with van der Waals surface area (Å²) in [7, 11) is 1.86. The summed E-state index contributed by atoms with van der Waals surface area (Å²) in [6.07, 6.45) is 5.81. The molecule has 1 atom stereocenters. The molecular weight excluding hydrogens is 238 g/mol. The monoisotopic (exact) mass is 261 g/mol. The average molecular weight is 261 g/mol. The van der Waals surface area contributed by atoms with Crippen molar-refractivity contribution in [2.45, 2.75) is 52.1 Å². The third-order valence-corrected chi connectivity index (χ3v) is 4.89. The molecule has 104 valence electrons. The molecule has 1 N–H and O–H groups in total. The molecule has 4 heteroatoms. The quantitative estimate of drug-likeness (QED) is 0.910. The van der Waals surface area contributed by atoms with Crippen LogP contribution in [-0.2, 0) is 7.05 Å². The Morgan fingerprint density at radius 3 is 2.63 bits per heavy atom. The van der Waals surface area contributed by atoms with Gasteiger partial charge in [-0.05, 0) is 38.5 Å². The van der Waals surface area contributed by atoms with E-state index in [9.17, 15) is 10.4 Å². The van der Waals surface area contributed by atoms with Crippen LogP contribution in [0.25, 0.3) is 0 Å². The van der Waals surface area contributed by atoms with E-state index in [1.54, 1.807) is 10.9 Å². The molecule has 0 aliphatic heterocycles. The molecule has 0 aromatic carbocycles. The van der Waals surface area contributed by atoms with Crippen molar-refractivity contribution in [2.75, 3.05) is 0 Å². The number of rotatable bonds is 3. The minimum Gasteiger partial charge on any atom is -0.387 e. The van der Waals surface area contributed by atoms with Crippen molar-refractivity contribution in [3.05, 3.63) is 17.5 Å².